The van der Waals surface area contributed by atoms with E-state index in [1.54, 1.807) is 16.9 Å². The molecule has 0 aliphatic heterocycles. The van der Waals surface area contributed by atoms with Crippen molar-refractivity contribution in [3.63, 3.8) is 0 Å². The molecule has 0 unspecified atom stereocenters. The second-order valence-electron chi connectivity index (χ2n) is 3.83. The molecule has 0 aromatic carbocycles. The molecule has 7 nitrogen and oxygen atoms in total. The van der Waals surface area contributed by atoms with Crippen LogP contribution in [0.5, 0.6) is 0 Å². The van der Waals surface area contributed by atoms with Crippen molar-refractivity contribution in [1.82, 2.24) is 29.1 Å². The molecule has 0 fully saturated rings. The molecule has 0 saturated heterocycles. The smallest absolute Gasteiger partial charge is 0.267 e. The zero-order valence-electron chi connectivity index (χ0n) is 9.46. The largest absolute Gasteiger partial charge is 0.268 e. The van der Waals surface area contributed by atoms with Crippen molar-refractivity contribution in [2.45, 2.75) is 0 Å². The van der Waals surface area contributed by atoms with Crippen molar-refractivity contribution in [3.8, 4) is 5.13 Å². The number of fused-ring (bicyclic) bond motifs is 3. The van der Waals surface area contributed by atoms with Crippen LogP contribution < -0.4 is 5.56 Å². The summed E-state index contributed by atoms with van der Waals surface area (Å²) in [5.74, 6) is 0.471. The zero-order chi connectivity index (χ0) is 12.8. The fraction of sp³-hybridized carbons (Fsp3) is 0. The molecule has 0 aliphatic carbocycles. The van der Waals surface area contributed by atoms with Gasteiger partial charge in [-0.3, -0.25) is 9.36 Å². The van der Waals surface area contributed by atoms with Crippen LogP contribution in [-0.2, 0) is 0 Å². The van der Waals surface area contributed by atoms with E-state index < -0.39 is 0 Å². The fourth-order valence-corrected chi connectivity index (χ4v) is 2.57. The molecule has 4 heterocycles. The number of hydrogen-bond acceptors (Lipinski definition) is 6. The summed E-state index contributed by atoms with van der Waals surface area (Å²) in [7, 11) is 0. The predicted molar refractivity (Wildman–Crippen MR) is 69.6 cm³/mol. The Labute approximate surface area is 109 Å². The van der Waals surface area contributed by atoms with Gasteiger partial charge in [-0.05, 0) is 6.07 Å². The van der Waals surface area contributed by atoms with Crippen LogP contribution >= 0.6 is 11.3 Å². The van der Waals surface area contributed by atoms with Gasteiger partial charge in [-0.15, -0.1) is 11.3 Å². The molecular formula is C11H6N6OS. The third-order valence-electron chi connectivity index (χ3n) is 2.80. The van der Waals surface area contributed by atoms with Gasteiger partial charge in [0.1, 0.15) is 6.33 Å². The van der Waals surface area contributed by atoms with Gasteiger partial charge in [-0.1, -0.05) is 0 Å². The highest BCUT2D eigenvalue weighted by molar-refractivity contribution is 7.12. The summed E-state index contributed by atoms with van der Waals surface area (Å²) in [6, 6.07) is 1.81. The number of rotatable bonds is 1. The van der Waals surface area contributed by atoms with E-state index in [0.29, 0.717) is 21.8 Å². The van der Waals surface area contributed by atoms with Crippen molar-refractivity contribution in [2.75, 3.05) is 0 Å². The van der Waals surface area contributed by atoms with Crippen LogP contribution in [0, 0.1) is 0 Å². The van der Waals surface area contributed by atoms with Gasteiger partial charge >= 0.3 is 0 Å². The first-order chi connectivity index (χ1) is 9.34. The van der Waals surface area contributed by atoms with Gasteiger partial charge in [0.15, 0.2) is 5.13 Å². The van der Waals surface area contributed by atoms with Crippen LogP contribution in [0.25, 0.3) is 21.8 Å². The summed E-state index contributed by atoms with van der Waals surface area (Å²) in [5, 5.41) is 7.00. The molecule has 0 aliphatic rings. The average Bonchev–Trinajstić information content (AvgIpc) is 3.10. The molecule has 4 rings (SSSR count). The Morgan fingerprint density at radius 1 is 1.21 bits per heavy atom. The molecule has 92 valence electrons. The van der Waals surface area contributed by atoms with Crippen LogP contribution in [0.2, 0.25) is 0 Å². The third kappa shape index (κ3) is 1.40. The lowest BCUT2D eigenvalue weighted by Crippen LogP contribution is -2.18. The van der Waals surface area contributed by atoms with Crippen molar-refractivity contribution in [2.24, 2.45) is 0 Å². The minimum Gasteiger partial charge on any atom is -0.268 e. The lowest BCUT2D eigenvalue weighted by molar-refractivity contribution is 0.951. The van der Waals surface area contributed by atoms with E-state index in [-0.39, 0.29) is 5.56 Å². The fourth-order valence-electron chi connectivity index (χ4n) is 1.95. The van der Waals surface area contributed by atoms with Crippen molar-refractivity contribution < 1.29 is 0 Å². The Morgan fingerprint density at radius 2 is 2.16 bits per heavy atom. The van der Waals surface area contributed by atoms with Crippen LogP contribution in [0.4, 0.5) is 0 Å². The molecule has 0 amide bonds. The van der Waals surface area contributed by atoms with Crippen LogP contribution in [-0.4, -0.2) is 29.1 Å². The summed E-state index contributed by atoms with van der Waals surface area (Å²) in [4.78, 5) is 24.7. The SMILES string of the molecule is O=c1c2cnc3ncnn3c2ccn1-c1nccs1. The summed E-state index contributed by atoms with van der Waals surface area (Å²) < 4.78 is 3.04. The van der Waals surface area contributed by atoms with E-state index in [0.717, 1.165) is 0 Å². The summed E-state index contributed by atoms with van der Waals surface area (Å²) in [6.07, 6.45) is 6.28. The van der Waals surface area contributed by atoms with E-state index in [1.165, 1.54) is 28.4 Å². The van der Waals surface area contributed by atoms with Gasteiger partial charge in [0, 0.05) is 24.0 Å². The van der Waals surface area contributed by atoms with Gasteiger partial charge in [0.05, 0.1) is 10.9 Å². The number of pyridine rings is 1. The lowest BCUT2D eigenvalue weighted by Gasteiger charge is -2.04. The van der Waals surface area contributed by atoms with Gasteiger partial charge in [0.25, 0.3) is 11.3 Å². The predicted octanol–water partition coefficient (Wildman–Crippen LogP) is 0.885. The standard InChI is InChI=1S/C11H6N6OS/c18-9-7-5-13-10-14-6-15-17(10)8(7)1-3-16(9)11-12-2-4-19-11/h1-6H. The van der Waals surface area contributed by atoms with Gasteiger partial charge < -0.3 is 0 Å². The summed E-state index contributed by atoms with van der Waals surface area (Å²) in [6.45, 7) is 0. The molecule has 0 N–H and O–H groups in total. The maximum Gasteiger partial charge on any atom is 0.267 e. The molecule has 4 aromatic heterocycles. The zero-order valence-corrected chi connectivity index (χ0v) is 10.3. The van der Waals surface area contributed by atoms with Crippen LogP contribution in [0.15, 0.2) is 41.2 Å². The third-order valence-corrected chi connectivity index (χ3v) is 3.57. The highest BCUT2D eigenvalue weighted by Crippen LogP contribution is 2.13. The first-order valence-corrected chi connectivity index (χ1v) is 6.32. The normalized spacial score (nSPS) is 11.4. The quantitative estimate of drug-likeness (QED) is 0.513. The topological polar surface area (TPSA) is 78.0 Å². The van der Waals surface area contributed by atoms with E-state index >= 15 is 0 Å². The number of aromatic nitrogens is 6. The van der Waals surface area contributed by atoms with Crippen LogP contribution in [0.3, 0.4) is 0 Å². The summed E-state index contributed by atoms with van der Waals surface area (Å²) in [5.41, 5.74) is 0.512. The second-order valence-corrected chi connectivity index (χ2v) is 4.71. The summed E-state index contributed by atoms with van der Waals surface area (Å²) >= 11 is 1.40. The number of thiazole rings is 1. The van der Waals surface area contributed by atoms with E-state index in [4.69, 9.17) is 0 Å². The lowest BCUT2D eigenvalue weighted by atomic mass is 10.3. The molecule has 0 saturated carbocycles. The Kier molecular flexibility index (Phi) is 2.00. The van der Waals surface area contributed by atoms with E-state index in [9.17, 15) is 4.79 Å². The minimum absolute atomic E-state index is 0.169. The molecule has 0 atom stereocenters. The molecule has 0 spiro atoms. The van der Waals surface area contributed by atoms with Crippen molar-refractivity contribution >= 4 is 28.0 Å². The van der Waals surface area contributed by atoms with Crippen molar-refractivity contribution in [3.05, 3.63) is 46.7 Å². The first kappa shape index (κ1) is 10.3. The Bertz CT molecular complexity index is 939. The maximum atomic E-state index is 12.4. The van der Waals surface area contributed by atoms with Gasteiger partial charge in [-0.2, -0.15) is 14.6 Å². The Morgan fingerprint density at radius 3 is 3.00 bits per heavy atom. The number of hydrogen-bond donors (Lipinski definition) is 0. The first-order valence-electron chi connectivity index (χ1n) is 5.44. The van der Waals surface area contributed by atoms with Crippen molar-refractivity contribution in [1.29, 1.82) is 0 Å². The molecular weight excluding hydrogens is 264 g/mol. The number of nitrogens with zero attached hydrogens (tertiary/aromatic N) is 6. The average molecular weight is 270 g/mol. The van der Waals surface area contributed by atoms with Gasteiger partial charge in [-0.25, -0.2) is 9.97 Å². The minimum atomic E-state index is -0.169. The molecule has 0 radical (unpaired) electrons. The van der Waals surface area contributed by atoms with Gasteiger partial charge in [0.2, 0.25) is 0 Å². The Hall–Kier alpha value is -2.61. The molecule has 8 heteroatoms. The van der Waals surface area contributed by atoms with E-state index in [2.05, 4.69) is 20.1 Å². The monoisotopic (exact) mass is 270 g/mol. The molecule has 0 bridgehead atoms. The van der Waals surface area contributed by atoms with E-state index in [1.807, 2.05) is 11.4 Å². The maximum absolute atomic E-state index is 12.4. The highest BCUT2D eigenvalue weighted by Gasteiger charge is 2.10. The molecule has 4 aromatic rings. The second kappa shape index (κ2) is 3.69. The molecule has 19 heavy (non-hydrogen) atoms. The Balaban J connectivity index is 2.14. The van der Waals surface area contributed by atoms with Crippen LogP contribution in [0.1, 0.15) is 0 Å². The highest BCUT2D eigenvalue weighted by atomic mass is 32.1.